The monoisotopic (exact) mass is 272 g/mol. The molecule has 106 valence electrons. The van der Waals surface area contributed by atoms with E-state index in [2.05, 4.69) is 46.4 Å². The maximum atomic E-state index is 11.8. The van der Waals surface area contributed by atoms with Crippen molar-refractivity contribution in [3.05, 3.63) is 36.5 Å². The minimum absolute atomic E-state index is 0.0415. The highest BCUT2D eigenvalue weighted by molar-refractivity contribution is 5.81. The minimum Gasteiger partial charge on any atom is -0.368 e. The van der Waals surface area contributed by atoms with Gasteiger partial charge < -0.3 is 14.6 Å². The summed E-state index contributed by atoms with van der Waals surface area (Å²) in [5.74, 6) is 0.0415. The van der Waals surface area contributed by atoms with Crippen LogP contribution in [0, 0.1) is 0 Å². The Morgan fingerprint density at radius 2 is 2.25 bits per heavy atom. The number of hydrogen-bond donors (Lipinski definition) is 1. The molecule has 4 nitrogen and oxygen atoms in total. The second kappa shape index (κ2) is 6.09. The van der Waals surface area contributed by atoms with E-state index >= 15 is 0 Å². The number of carbonyl (C=O) groups excluding carboxylic acids is 1. The van der Waals surface area contributed by atoms with Crippen molar-refractivity contribution in [2.24, 2.45) is 0 Å². The van der Waals surface area contributed by atoms with Gasteiger partial charge in [0.15, 0.2) is 0 Å². The summed E-state index contributed by atoms with van der Waals surface area (Å²) in [7, 11) is 0. The summed E-state index contributed by atoms with van der Waals surface area (Å²) in [6.07, 6.45) is 4.66. The van der Waals surface area contributed by atoms with E-state index in [9.17, 15) is 4.79 Å². The Labute approximate surface area is 118 Å². The van der Waals surface area contributed by atoms with E-state index in [1.54, 1.807) is 0 Å². The van der Waals surface area contributed by atoms with Crippen LogP contribution >= 0.6 is 0 Å². The number of hydrogen-bond acceptors (Lipinski definition) is 2. The van der Waals surface area contributed by atoms with Crippen LogP contribution in [-0.2, 0) is 16.1 Å². The standard InChI is InChI=1S/C16H20N2O2/c19-16(15-7-3-12-20-15)17-9-4-10-18-11-8-13-5-1-2-6-14(13)18/h1-2,5-6,8,11,15H,3-4,7,9-10,12H2,(H,17,19). The third-order valence-electron chi connectivity index (χ3n) is 3.78. The molecule has 0 spiro atoms. The number of carbonyl (C=O) groups is 1. The number of nitrogens with zero attached hydrogens (tertiary/aromatic N) is 1. The first-order chi connectivity index (χ1) is 9.84. The van der Waals surface area contributed by atoms with E-state index in [-0.39, 0.29) is 12.0 Å². The molecule has 0 bridgehead atoms. The molecule has 1 fully saturated rings. The van der Waals surface area contributed by atoms with Crippen LogP contribution in [0.15, 0.2) is 36.5 Å². The molecule has 2 heterocycles. The summed E-state index contributed by atoms with van der Waals surface area (Å²) in [6, 6.07) is 10.5. The molecule has 0 radical (unpaired) electrons. The molecule has 1 amide bonds. The number of ether oxygens (including phenoxy) is 1. The van der Waals surface area contributed by atoms with Gasteiger partial charge in [0.1, 0.15) is 6.10 Å². The van der Waals surface area contributed by atoms with Crippen molar-refractivity contribution in [2.45, 2.75) is 31.9 Å². The number of para-hydroxylation sites is 1. The molecular formula is C16H20N2O2. The molecule has 1 atom stereocenters. The van der Waals surface area contributed by atoms with Crippen molar-refractivity contribution >= 4 is 16.8 Å². The van der Waals surface area contributed by atoms with Crippen LogP contribution < -0.4 is 5.32 Å². The van der Waals surface area contributed by atoms with Crippen LogP contribution in [0.25, 0.3) is 10.9 Å². The summed E-state index contributed by atoms with van der Waals surface area (Å²) in [5.41, 5.74) is 1.25. The van der Waals surface area contributed by atoms with Crippen LogP contribution in [0.1, 0.15) is 19.3 Å². The molecule has 4 heteroatoms. The topological polar surface area (TPSA) is 43.3 Å². The fourth-order valence-electron chi connectivity index (χ4n) is 2.69. The van der Waals surface area contributed by atoms with E-state index in [0.717, 1.165) is 25.8 Å². The Bertz CT molecular complexity index is 585. The fourth-order valence-corrected chi connectivity index (χ4v) is 2.69. The lowest BCUT2D eigenvalue weighted by Crippen LogP contribution is -2.34. The molecule has 1 aliphatic heterocycles. The van der Waals surface area contributed by atoms with Gasteiger partial charge in [-0.15, -0.1) is 0 Å². The first-order valence-electron chi connectivity index (χ1n) is 7.28. The van der Waals surface area contributed by atoms with Crippen molar-refractivity contribution in [1.29, 1.82) is 0 Å². The van der Waals surface area contributed by atoms with Crippen molar-refractivity contribution < 1.29 is 9.53 Å². The van der Waals surface area contributed by atoms with Crippen LogP contribution in [0.3, 0.4) is 0 Å². The first-order valence-corrected chi connectivity index (χ1v) is 7.28. The van der Waals surface area contributed by atoms with Gasteiger partial charge in [-0.2, -0.15) is 0 Å². The van der Waals surface area contributed by atoms with Crippen molar-refractivity contribution in [3.63, 3.8) is 0 Å². The number of aromatic nitrogens is 1. The molecular weight excluding hydrogens is 252 g/mol. The number of benzene rings is 1. The minimum atomic E-state index is -0.220. The summed E-state index contributed by atoms with van der Waals surface area (Å²) < 4.78 is 7.59. The zero-order valence-electron chi connectivity index (χ0n) is 11.5. The van der Waals surface area contributed by atoms with Crippen LogP contribution in [0.4, 0.5) is 0 Å². The van der Waals surface area contributed by atoms with Gasteiger partial charge in [-0.25, -0.2) is 0 Å². The zero-order valence-corrected chi connectivity index (χ0v) is 11.5. The van der Waals surface area contributed by atoms with Gasteiger partial charge >= 0.3 is 0 Å². The third-order valence-corrected chi connectivity index (χ3v) is 3.78. The van der Waals surface area contributed by atoms with Gasteiger partial charge in [-0.1, -0.05) is 18.2 Å². The quantitative estimate of drug-likeness (QED) is 0.849. The molecule has 3 rings (SSSR count). The van der Waals surface area contributed by atoms with Crippen LogP contribution in [0.5, 0.6) is 0 Å². The van der Waals surface area contributed by atoms with Crippen molar-refractivity contribution in [1.82, 2.24) is 9.88 Å². The van der Waals surface area contributed by atoms with E-state index < -0.39 is 0 Å². The lowest BCUT2D eigenvalue weighted by molar-refractivity contribution is -0.130. The second-order valence-electron chi connectivity index (χ2n) is 5.21. The number of nitrogens with one attached hydrogen (secondary N) is 1. The van der Waals surface area contributed by atoms with E-state index in [0.29, 0.717) is 13.2 Å². The Balaban J connectivity index is 1.47. The predicted octanol–water partition coefficient (Wildman–Crippen LogP) is 2.33. The van der Waals surface area contributed by atoms with Gasteiger partial charge in [-0.3, -0.25) is 4.79 Å². The summed E-state index contributed by atoms with van der Waals surface area (Å²) in [4.78, 5) is 11.8. The van der Waals surface area contributed by atoms with E-state index in [1.165, 1.54) is 10.9 Å². The largest absolute Gasteiger partial charge is 0.368 e. The fraction of sp³-hybridized carbons (Fsp3) is 0.438. The molecule has 1 N–H and O–H groups in total. The normalized spacial score (nSPS) is 18.5. The third kappa shape index (κ3) is 2.85. The van der Waals surface area contributed by atoms with Crippen molar-refractivity contribution in [2.75, 3.05) is 13.2 Å². The highest BCUT2D eigenvalue weighted by Crippen LogP contribution is 2.15. The average molecular weight is 272 g/mol. The van der Waals surface area contributed by atoms with Gasteiger partial charge in [0.2, 0.25) is 5.91 Å². The van der Waals surface area contributed by atoms with Gasteiger partial charge in [0.25, 0.3) is 0 Å². The lowest BCUT2D eigenvalue weighted by Gasteiger charge is -2.11. The summed E-state index contributed by atoms with van der Waals surface area (Å²) >= 11 is 0. The summed E-state index contributed by atoms with van der Waals surface area (Å²) in [5, 5.41) is 4.22. The van der Waals surface area contributed by atoms with Crippen molar-refractivity contribution in [3.8, 4) is 0 Å². The van der Waals surface area contributed by atoms with Crippen LogP contribution in [0.2, 0.25) is 0 Å². The molecule has 1 aromatic heterocycles. The summed E-state index contributed by atoms with van der Waals surface area (Å²) in [6.45, 7) is 2.33. The molecule has 1 aromatic carbocycles. The number of rotatable bonds is 5. The molecule has 1 aliphatic rings. The maximum Gasteiger partial charge on any atom is 0.249 e. The van der Waals surface area contributed by atoms with Gasteiger partial charge in [0, 0.05) is 31.4 Å². The Kier molecular flexibility index (Phi) is 4.02. The molecule has 0 saturated carbocycles. The predicted molar refractivity (Wildman–Crippen MR) is 78.5 cm³/mol. The first kappa shape index (κ1) is 13.2. The Morgan fingerprint density at radius 1 is 1.35 bits per heavy atom. The smallest absolute Gasteiger partial charge is 0.249 e. The molecule has 2 aromatic rings. The second-order valence-corrected chi connectivity index (χ2v) is 5.21. The van der Waals surface area contributed by atoms with Gasteiger partial charge in [0.05, 0.1) is 0 Å². The number of aryl methyl sites for hydroxylation is 1. The lowest BCUT2D eigenvalue weighted by atomic mass is 10.2. The molecule has 1 unspecified atom stereocenters. The number of amides is 1. The Hall–Kier alpha value is -1.81. The Morgan fingerprint density at radius 3 is 3.10 bits per heavy atom. The highest BCUT2D eigenvalue weighted by Gasteiger charge is 2.22. The van der Waals surface area contributed by atoms with Gasteiger partial charge in [-0.05, 0) is 36.8 Å². The number of fused-ring (bicyclic) bond motifs is 1. The molecule has 1 saturated heterocycles. The zero-order chi connectivity index (χ0) is 13.8. The van der Waals surface area contributed by atoms with Crippen LogP contribution in [-0.4, -0.2) is 29.7 Å². The molecule has 20 heavy (non-hydrogen) atoms. The van der Waals surface area contributed by atoms with E-state index in [4.69, 9.17) is 4.74 Å². The highest BCUT2D eigenvalue weighted by atomic mass is 16.5. The SMILES string of the molecule is O=C(NCCCn1ccc2ccccc21)C1CCCO1. The average Bonchev–Trinajstić information content (AvgIpc) is 3.13. The van der Waals surface area contributed by atoms with E-state index in [1.807, 2.05) is 0 Å². The maximum absolute atomic E-state index is 11.8. The molecule has 0 aliphatic carbocycles.